The van der Waals surface area contributed by atoms with E-state index >= 15 is 0 Å². The highest BCUT2D eigenvalue weighted by Crippen LogP contribution is 2.19. The van der Waals surface area contributed by atoms with Crippen LogP contribution < -0.4 is 4.74 Å². The van der Waals surface area contributed by atoms with Gasteiger partial charge in [0.25, 0.3) is 5.91 Å². The molecule has 3 rings (SSSR count). The maximum atomic E-state index is 13.8. The molecule has 5 nitrogen and oxygen atoms in total. The van der Waals surface area contributed by atoms with E-state index in [9.17, 15) is 9.18 Å². The molecule has 1 aliphatic rings. The van der Waals surface area contributed by atoms with Crippen LogP contribution in [0.15, 0.2) is 48.7 Å². The zero-order chi connectivity index (χ0) is 19.1. The summed E-state index contributed by atoms with van der Waals surface area (Å²) in [6, 6.07) is 12.2. The normalized spacial score (nSPS) is 16.1. The van der Waals surface area contributed by atoms with Gasteiger partial charge < -0.3 is 9.64 Å². The van der Waals surface area contributed by atoms with Gasteiger partial charge in [0.15, 0.2) is 17.7 Å². The second kappa shape index (κ2) is 9.46. The summed E-state index contributed by atoms with van der Waals surface area (Å²) in [5.74, 6) is -0.375. The highest BCUT2D eigenvalue weighted by molar-refractivity contribution is 5.81. The zero-order valence-electron chi connectivity index (χ0n) is 15.7. The molecule has 27 heavy (non-hydrogen) atoms. The number of amides is 1. The van der Waals surface area contributed by atoms with Crippen LogP contribution in [0.3, 0.4) is 0 Å². The number of aromatic nitrogens is 1. The Bertz CT molecular complexity index is 733. The molecule has 6 heteroatoms. The Labute approximate surface area is 159 Å². The Morgan fingerprint density at radius 1 is 1.15 bits per heavy atom. The number of ether oxygens (including phenoxy) is 1. The molecule has 0 spiro atoms. The van der Waals surface area contributed by atoms with Crippen molar-refractivity contribution in [3.8, 4) is 5.75 Å². The van der Waals surface area contributed by atoms with Gasteiger partial charge in [-0.25, -0.2) is 4.39 Å². The molecule has 1 atom stereocenters. The summed E-state index contributed by atoms with van der Waals surface area (Å²) in [5, 5.41) is 0. The van der Waals surface area contributed by atoms with Gasteiger partial charge in [-0.1, -0.05) is 25.1 Å². The van der Waals surface area contributed by atoms with Crippen LogP contribution in [0.25, 0.3) is 0 Å². The summed E-state index contributed by atoms with van der Waals surface area (Å²) < 4.78 is 19.5. The average molecular weight is 371 g/mol. The molecular weight excluding hydrogens is 345 g/mol. The fraction of sp³-hybridized carbons (Fsp3) is 0.429. The molecule has 2 aromatic rings. The first-order chi connectivity index (χ1) is 13.2. The third-order valence-corrected chi connectivity index (χ3v) is 4.85. The summed E-state index contributed by atoms with van der Waals surface area (Å²) >= 11 is 0. The number of piperazine rings is 1. The lowest BCUT2D eigenvalue weighted by atomic mass is 10.2. The minimum atomic E-state index is -0.651. The van der Waals surface area contributed by atoms with E-state index in [1.165, 1.54) is 6.07 Å². The first kappa shape index (κ1) is 19.3. The van der Waals surface area contributed by atoms with Gasteiger partial charge in [0.1, 0.15) is 0 Å². The van der Waals surface area contributed by atoms with E-state index in [2.05, 4.69) is 9.88 Å². The van der Waals surface area contributed by atoms with Gasteiger partial charge in [-0.05, 0) is 30.7 Å². The molecule has 1 amide bonds. The number of para-hydroxylation sites is 1. The van der Waals surface area contributed by atoms with Crippen molar-refractivity contribution in [2.75, 3.05) is 32.7 Å². The zero-order valence-corrected chi connectivity index (χ0v) is 15.7. The number of halogens is 1. The molecule has 1 fully saturated rings. The number of pyridine rings is 1. The summed E-state index contributed by atoms with van der Waals surface area (Å²) in [4.78, 5) is 21.3. The number of hydrogen-bond acceptors (Lipinski definition) is 4. The van der Waals surface area contributed by atoms with Crippen molar-refractivity contribution < 1.29 is 13.9 Å². The Morgan fingerprint density at radius 3 is 2.56 bits per heavy atom. The first-order valence-electron chi connectivity index (χ1n) is 9.49. The summed E-state index contributed by atoms with van der Waals surface area (Å²) in [6.07, 6.45) is 2.57. The van der Waals surface area contributed by atoms with Gasteiger partial charge in [0.2, 0.25) is 0 Å². The van der Waals surface area contributed by atoms with Crippen LogP contribution in [0.5, 0.6) is 5.75 Å². The number of carbonyl (C=O) groups is 1. The summed E-state index contributed by atoms with van der Waals surface area (Å²) in [6.45, 7) is 5.80. The number of carbonyl (C=O) groups excluding carboxylic acids is 1. The largest absolute Gasteiger partial charge is 0.478 e. The maximum absolute atomic E-state index is 13.8. The molecular formula is C21H26FN3O2. The van der Waals surface area contributed by atoms with E-state index in [-0.39, 0.29) is 11.7 Å². The minimum Gasteiger partial charge on any atom is -0.478 e. The maximum Gasteiger partial charge on any atom is 0.263 e. The van der Waals surface area contributed by atoms with Crippen LogP contribution in [0.1, 0.15) is 19.0 Å². The Hall–Kier alpha value is -2.47. The second-order valence-corrected chi connectivity index (χ2v) is 6.68. The topological polar surface area (TPSA) is 45.7 Å². The lowest BCUT2D eigenvalue weighted by Gasteiger charge is -2.36. The lowest BCUT2D eigenvalue weighted by Crippen LogP contribution is -2.52. The van der Waals surface area contributed by atoms with Crippen LogP contribution in [-0.4, -0.2) is 59.5 Å². The molecule has 0 saturated carbocycles. The monoisotopic (exact) mass is 371 g/mol. The third-order valence-electron chi connectivity index (χ3n) is 4.85. The van der Waals surface area contributed by atoms with Gasteiger partial charge in [-0.2, -0.15) is 0 Å². The molecule has 1 unspecified atom stereocenters. The minimum absolute atomic E-state index is 0.0647. The molecule has 144 valence electrons. The summed E-state index contributed by atoms with van der Waals surface area (Å²) in [7, 11) is 0. The molecule has 1 aromatic heterocycles. The molecule has 1 aliphatic heterocycles. The molecule has 0 N–H and O–H groups in total. The van der Waals surface area contributed by atoms with Crippen LogP contribution in [0, 0.1) is 5.82 Å². The predicted molar refractivity (Wildman–Crippen MR) is 102 cm³/mol. The number of hydrogen-bond donors (Lipinski definition) is 0. The Kier molecular flexibility index (Phi) is 6.76. The van der Waals surface area contributed by atoms with Crippen LogP contribution >= 0.6 is 0 Å². The van der Waals surface area contributed by atoms with E-state index < -0.39 is 11.9 Å². The third kappa shape index (κ3) is 5.26. The first-order valence-corrected chi connectivity index (χ1v) is 9.49. The van der Waals surface area contributed by atoms with E-state index in [1.807, 2.05) is 36.2 Å². The molecule has 0 radical (unpaired) electrons. The van der Waals surface area contributed by atoms with Crippen LogP contribution in [0.4, 0.5) is 4.39 Å². The van der Waals surface area contributed by atoms with Gasteiger partial charge in [-0.3, -0.25) is 14.7 Å². The van der Waals surface area contributed by atoms with Crippen LogP contribution in [0.2, 0.25) is 0 Å². The van der Waals surface area contributed by atoms with E-state index in [0.29, 0.717) is 19.5 Å². The van der Waals surface area contributed by atoms with Crippen molar-refractivity contribution in [1.29, 1.82) is 0 Å². The van der Waals surface area contributed by atoms with Crippen molar-refractivity contribution in [2.45, 2.75) is 25.9 Å². The number of nitrogens with zero attached hydrogens (tertiary/aromatic N) is 3. The van der Waals surface area contributed by atoms with E-state index in [0.717, 1.165) is 31.7 Å². The number of benzene rings is 1. The predicted octanol–water partition coefficient (Wildman–Crippen LogP) is 2.77. The van der Waals surface area contributed by atoms with Gasteiger partial charge in [0.05, 0.1) is 0 Å². The van der Waals surface area contributed by atoms with Gasteiger partial charge >= 0.3 is 0 Å². The van der Waals surface area contributed by atoms with Crippen molar-refractivity contribution >= 4 is 5.91 Å². The van der Waals surface area contributed by atoms with Crippen molar-refractivity contribution in [1.82, 2.24) is 14.8 Å². The quantitative estimate of drug-likeness (QED) is 0.751. The van der Waals surface area contributed by atoms with Gasteiger partial charge in [0, 0.05) is 51.0 Å². The average Bonchev–Trinajstić information content (AvgIpc) is 2.72. The fourth-order valence-corrected chi connectivity index (χ4v) is 3.22. The fourth-order valence-electron chi connectivity index (χ4n) is 3.22. The second-order valence-electron chi connectivity index (χ2n) is 6.68. The Morgan fingerprint density at radius 2 is 1.89 bits per heavy atom. The van der Waals surface area contributed by atoms with Crippen molar-refractivity contribution in [2.24, 2.45) is 0 Å². The van der Waals surface area contributed by atoms with Crippen LogP contribution in [-0.2, 0) is 11.2 Å². The van der Waals surface area contributed by atoms with E-state index in [4.69, 9.17) is 4.74 Å². The smallest absolute Gasteiger partial charge is 0.263 e. The number of rotatable bonds is 7. The highest BCUT2D eigenvalue weighted by atomic mass is 19.1. The molecule has 0 aliphatic carbocycles. The lowest BCUT2D eigenvalue weighted by molar-refractivity contribution is -0.140. The SMILES string of the molecule is CCC(Oc1ccccc1F)C(=O)N1CCN(CCc2ccccn2)CC1. The van der Waals surface area contributed by atoms with Gasteiger partial charge in [-0.15, -0.1) is 0 Å². The molecule has 0 bridgehead atoms. The van der Waals surface area contributed by atoms with Crippen molar-refractivity contribution in [3.05, 3.63) is 60.2 Å². The summed E-state index contributed by atoms with van der Waals surface area (Å²) in [5.41, 5.74) is 1.08. The Balaban J connectivity index is 1.49. The molecule has 1 saturated heterocycles. The highest BCUT2D eigenvalue weighted by Gasteiger charge is 2.28. The standard InChI is InChI=1S/C21H26FN3O2/c1-2-19(27-20-9-4-3-8-18(20)22)21(26)25-15-13-24(14-16-25)12-10-17-7-5-6-11-23-17/h3-9,11,19H,2,10,12-16H2,1H3. The van der Waals surface area contributed by atoms with E-state index in [1.54, 1.807) is 18.2 Å². The van der Waals surface area contributed by atoms with Crippen molar-refractivity contribution in [3.63, 3.8) is 0 Å². The molecule has 1 aromatic carbocycles. The molecule has 2 heterocycles.